The first kappa shape index (κ1) is 15.5. The Morgan fingerprint density at radius 2 is 2.21 bits per heavy atom. The van der Waals surface area contributed by atoms with E-state index in [2.05, 4.69) is 21.2 Å². The average molecular weight is 330 g/mol. The summed E-state index contributed by atoms with van der Waals surface area (Å²) in [5.41, 5.74) is 5.96. The van der Waals surface area contributed by atoms with Crippen molar-refractivity contribution in [3.8, 4) is 0 Å². The molecule has 0 saturated carbocycles. The lowest BCUT2D eigenvalue weighted by molar-refractivity contribution is 0.118. The minimum Gasteiger partial charge on any atom is -0.449 e. The molecule has 0 aromatic heterocycles. The number of urea groups is 1. The Hall–Kier alpha value is -1.60. The van der Waals surface area contributed by atoms with Gasteiger partial charge in [0, 0.05) is 23.2 Å². The van der Waals surface area contributed by atoms with Gasteiger partial charge in [-0.3, -0.25) is 0 Å². The van der Waals surface area contributed by atoms with Crippen LogP contribution in [0.15, 0.2) is 28.7 Å². The van der Waals surface area contributed by atoms with Crippen molar-refractivity contribution in [1.82, 2.24) is 4.90 Å². The van der Waals surface area contributed by atoms with Crippen LogP contribution in [0.2, 0.25) is 0 Å². The lowest BCUT2D eigenvalue weighted by Gasteiger charge is -2.19. The first-order valence-corrected chi connectivity index (χ1v) is 6.58. The van der Waals surface area contributed by atoms with E-state index in [0.717, 1.165) is 9.37 Å². The topological polar surface area (TPSA) is 84.7 Å². The van der Waals surface area contributed by atoms with E-state index in [0.29, 0.717) is 5.69 Å². The summed E-state index contributed by atoms with van der Waals surface area (Å²) in [5.74, 6) is 0. The summed E-state index contributed by atoms with van der Waals surface area (Å²) in [7, 11) is 0. The van der Waals surface area contributed by atoms with Crippen LogP contribution in [0.5, 0.6) is 0 Å². The van der Waals surface area contributed by atoms with Crippen LogP contribution in [0, 0.1) is 0 Å². The molecule has 1 aromatic rings. The van der Waals surface area contributed by atoms with Crippen LogP contribution in [-0.2, 0) is 4.74 Å². The second kappa shape index (κ2) is 7.75. The van der Waals surface area contributed by atoms with Crippen molar-refractivity contribution in [3.05, 3.63) is 28.7 Å². The van der Waals surface area contributed by atoms with Crippen LogP contribution in [0.1, 0.15) is 6.92 Å². The van der Waals surface area contributed by atoms with Gasteiger partial charge in [0.15, 0.2) is 0 Å². The SMILES string of the molecule is CCOC(=O)N(CCN)C(=O)Nc1cccc(Br)c1. The Bertz CT molecular complexity index is 454. The number of halogens is 1. The fourth-order valence-electron chi connectivity index (χ4n) is 1.36. The summed E-state index contributed by atoms with van der Waals surface area (Å²) in [6.07, 6.45) is -0.708. The number of nitrogens with zero attached hydrogens (tertiary/aromatic N) is 1. The zero-order chi connectivity index (χ0) is 14.3. The van der Waals surface area contributed by atoms with E-state index < -0.39 is 12.1 Å². The normalized spacial score (nSPS) is 9.84. The van der Waals surface area contributed by atoms with Crippen LogP contribution in [0.25, 0.3) is 0 Å². The monoisotopic (exact) mass is 329 g/mol. The van der Waals surface area contributed by atoms with Crippen LogP contribution >= 0.6 is 15.9 Å². The molecule has 0 fully saturated rings. The van der Waals surface area contributed by atoms with E-state index in [1.807, 2.05) is 6.07 Å². The van der Waals surface area contributed by atoms with Gasteiger partial charge in [-0.05, 0) is 25.1 Å². The third-order valence-electron chi connectivity index (χ3n) is 2.16. The highest BCUT2D eigenvalue weighted by atomic mass is 79.9. The van der Waals surface area contributed by atoms with Crippen molar-refractivity contribution in [1.29, 1.82) is 0 Å². The first-order valence-electron chi connectivity index (χ1n) is 5.79. The van der Waals surface area contributed by atoms with Gasteiger partial charge in [-0.25, -0.2) is 14.5 Å². The first-order chi connectivity index (χ1) is 9.08. The highest BCUT2D eigenvalue weighted by Gasteiger charge is 2.21. The van der Waals surface area contributed by atoms with Crippen molar-refractivity contribution in [2.75, 3.05) is 25.0 Å². The summed E-state index contributed by atoms with van der Waals surface area (Å²) in [6.45, 7) is 2.14. The lowest BCUT2D eigenvalue weighted by Crippen LogP contribution is -2.43. The highest BCUT2D eigenvalue weighted by Crippen LogP contribution is 2.16. The van der Waals surface area contributed by atoms with Crippen molar-refractivity contribution in [2.24, 2.45) is 5.73 Å². The van der Waals surface area contributed by atoms with E-state index in [-0.39, 0.29) is 19.7 Å². The van der Waals surface area contributed by atoms with E-state index in [1.165, 1.54) is 0 Å². The number of amides is 3. The molecular weight excluding hydrogens is 314 g/mol. The van der Waals surface area contributed by atoms with Crippen molar-refractivity contribution in [2.45, 2.75) is 6.92 Å². The molecule has 0 aliphatic carbocycles. The number of carbonyl (C=O) groups excluding carboxylic acids is 2. The van der Waals surface area contributed by atoms with E-state index >= 15 is 0 Å². The van der Waals surface area contributed by atoms with E-state index in [9.17, 15) is 9.59 Å². The number of rotatable bonds is 4. The Morgan fingerprint density at radius 3 is 2.79 bits per heavy atom. The molecular formula is C12H16BrN3O3. The summed E-state index contributed by atoms with van der Waals surface area (Å²) in [4.78, 5) is 24.5. The van der Waals surface area contributed by atoms with Gasteiger partial charge in [0.05, 0.1) is 6.61 Å². The maximum atomic E-state index is 12.0. The Kier molecular flexibility index (Phi) is 6.31. The number of nitrogens with one attached hydrogen (secondary N) is 1. The highest BCUT2D eigenvalue weighted by molar-refractivity contribution is 9.10. The van der Waals surface area contributed by atoms with E-state index in [4.69, 9.17) is 10.5 Å². The van der Waals surface area contributed by atoms with Gasteiger partial charge in [0.1, 0.15) is 0 Å². The molecule has 0 spiro atoms. The molecule has 19 heavy (non-hydrogen) atoms. The van der Waals surface area contributed by atoms with Gasteiger partial charge in [-0.1, -0.05) is 22.0 Å². The minimum atomic E-state index is -0.708. The predicted octanol–water partition coefficient (Wildman–Crippen LogP) is 2.40. The third kappa shape index (κ3) is 4.88. The molecule has 1 aromatic carbocycles. The number of hydrogen-bond acceptors (Lipinski definition) is 4. The Labute approximate surface area is 120 Å². The molecule has 3 amide bonds. The molecule has 0 aliphatic rings. The number of carbonyl (C=O) groups is 2. The Morgan fingerprint density at radius 1 is 1.47 bits per heavy atom. The van der Waals surface area contributed by atoms with E-state index in [1.54, 1.807) is 25.1 Å². The third-order valence-corrected chi connectivity index (χ3v) is 2.66. The number of imide groups is 1. The maximum absolute atomic E-state index is 12.0. The van der Waals surface area contributed by atoms with Crippen molar-refractivity contribution in [3.63, 3.8) is 0 Å². The molecule has 7 heteroatoms. The van der Waals surface area contributed by atoms with Crippen LogP contribution in [-0.4, -0.2) is 36.7 Å². The molecule has 3 N–H and O–H groups in total. The van der Waals surface area contributed by atoms with Gasteiger partial charge in [-0.15, -0.1) is 0 Å². The molecule has 0 heterocycles. The fraction of sp³-hybridized carbons (Fsp3) is 0.333. The smallest absolute Gasteiger partial charge is 0.418 e. The number of ether oxygens (including phenoxy) is 1. The Balaban J connectivity index is 2.74. The standard InChI is InChI=1S/C12H16BrN3O3/c1-2-19-12(18)16(7-6-14)11(17)15-10-5-3-4-9(13)8-10/h3-5,8H,2,6-7,14H2,1H3,(H,15,17). The van der Waals surface area contributed by atoms with Gasteiger partial charge >= 0.3 is 12.1 Å². The molecule has 6 nitrogen and oxygen atoms in total. The number of benzene rings is 1. The molecule has 0 saturated heterocycles. The zero-order valence-electron chi connectivity index (χ0n) is 10.6. The second-order valence-electron chi connectivity index (χ2n) is 3.58. The minimum absolute atomic E-state index is 0.0959. The molecule has 104 valence electrons. The van der Waals surface area contributed by atoms with Gasteiger partial charge in [0.25, 0.3) is 0 Å². The van der Waals surface area contributed by atoms with Crippen LogP contribution in [0.4, 0.5) is 15.3 Å². The van der Waals surface area contributed by atoms with Crippen molar-refractivity contribution < 1.29 is 14.3 Å². The summed E-state index contributed by atoms with van der Waals surface area (Å²) in [5, 5.41) is 2.61. The zero-order valence-corrected chi connectivity index (χ0v) is 12.1. The lowest BCUT2D eigenvalue weighted by atomic mass is 10.3. The molecule has 0 unspecified atom stereocenters. The second-order valence-corrected chi connectivity index (χ2v) is 4.50. The largest absolute Gasteiger partial charge is 0.449 e. The fourth-order valence-corrected chi connectivity index (χ4v) is 1.76. The number of hydrogen-bond donors (Lipinski definition) is 2. The molecule has 0 atom stereocenters. The number of anilines is 1. The van der Waals surface area contributed by atoms with Crippen LogP contribution < -0.4 is 11.1 Å². The van der Waals surface area contributed by atoms with Gasteiger partial charge < -0.3 is 15.8 Å². The summed E-state index contributed by atoms with van der Waals surface area (Å²) >= 11 is 3.30. The molecule has 0 bridgehead atoms. The van der Waals surface area contributed by atoms with Gasteiger partial charge in [0.2, 0.25) is 0 Å². The van der Waals surface area contributed by atoms with Crippen LogP contribution in [0.3, 0.4) is 0 Å². The summed E-state index contributed by atoms with van der Waals surface area (Å²) in [6, 6.07) is 6.48. The molecule has 0 radical (unpaired) electrons. The summed E-state index contributed by atoms with van der Waals surface area (Å²) < 4.78 is 5.63. The average Bonchev–Trinajstić information content (AvgIpc) is 2.36. The predicted molar refractivity (Wildman–Crippen MR) is 75.9 cm³/mol. The van der Waals surface area contributed by atoms with Gasteiger partial charge in [-0.2, -0.15) is 0 Å². The quantitative estimate of drug-likeness (QED) is 0.888. The number of nitrogens with two attached hydrogens (primary N) is 1. The maximum Gasteiger partial charge on any atom is 0.418 e. The molecule has 0 aliphatic heterocycles. The molecule has 1 rings (SSSR count). The van der Waals surface area contributed by atoms with Crippen molar-refractivity contribution >= 4 is 33.7 Å².